The summed E-state index contributed by atoms with van der Waals surface area (Å²) in [6.45, 7) is 8.10. The highest BCUT2D eigenvalue weighted by Crippen LogP contribution is 2.17. The molecular formula is C17H28N2O4SSi. The molecule has 0 aliphatic carbocycles. The van der Waals surface area contributed by atoms with Crippen molar-refractivity contribution >= 4 is 32.0 Å². The Hall–Kier alpha value is -1.32. The highest BCUT2D eigenvalue weighted by molar-refractivity contribution is 7.80. The number of hydrogen-bond acceptors (Lipinski definition) is 5. The van der Waals surface area contributed by atoms with Gasteiger partial charge in [0.2, 0.25) is 0 Å². The van der Waals surface area contributed by atoms with Gasteiger partial charge in [-0.25, -0.2) is 0 Å². The monoisotopic (exact) mass is 384 g/mol. The fourth-order valence-corrected chi connectivity index (χ4v) is 5.12. The summed E-state index contributed by atoms with van der Waals surface area (Å²) in [7, 11) is -2.62. The number of rotatable bonds is 11. The van der Waals surface area contributed by atoms with E-state index in [-0.39, 0.29) is 5.91 Å². The van der Waals surface area contributed by atoms with Crippen molar-refractivity contribution in [3.05, 3.63) is 35.9 Å². The molecular weight excluding hydrogens is 356 g/mol. The van der Waals surface area contributed by atoms with E-state index in [1.165, 1.54) is 0 Å². The SMILES string of the molecule is CCO[Si](CCCNC(=S)NC(=O)c1ccccc1)(OCC)OCC. The molecule has 1 amide bonds. The molecule has 0 unspecified atom stereocenters. The summed E-state index contributed by atoms with van der Waals surface area (Å²) in [4.78, 5) is 12.0. The highest BCUT2D eigenvalue weighted by atomic mass is 32.1. The van der Waals surface area contributed by atoms with Crippen molar-refractivity contribution < 1.29 is 18.1 Å². The van der Waals surface area contributed by atoms with Crippen LogP contribution in [0.2, 0.25) is 6.04 Å². The molecule has 0 saturated heterocycles. The maximum atomic E-state index is 12.0. The van der Waals surface area contributed by atoms with Crippen LogP contribution in [-0.4, -0.2) is 46.2 Å². The second-order valence-corrected chi connectivity index (χ2v) is 8.30. The van der Waals surface area contributed by atoms with Gasteiger partial charge in [-0.1, -0.05) is 18.2 Å². The molecule has 1 aromatic carbocycles. The molecule has 2 N–H and O–H groups in total. The fourth-order valence-electron chi connectivity index (χ4n) is 2.32. The van der Waals surface area contributed by atoms with E-state index >= 15 is 0 Å². The van der Waals surface area contributed by atoms with Gasteiger partial charge in [0, 0.05) is 38.0 Å². The smallest absolute Gasteiger partial charge is 0.374 e. The minimum absolute atomic E-state index is 0.222. The van der Waals surface area contributed by atoms with Crippen molar-refractivity contribution in [3.8, 4) is 0 Å². The third-order valence-corrected chi connectivity index (χ3v) is 6.70. The van der Waals surface area contributed by atoms with Gasteiger partial charge in [0.1, 0.15) is 0 Å². The van der Waals surface area contributed by atoms with Crippen LogP contribution < -0.4 is 10.6 Å². The Bertz CT molecular complexity index is 514. The van der Waals surface area contributed by atoms with E-state index in [2.05, 4.69) is 10.6 Å². The van der Waals surface area contributed by atoms with Crippen molar-refractivity contribution in [1.82, 2.24) is 10.6 Å². The largest absolute Gasteiger partial charge is 0.500 e. The second-order valence-electron chi connectivity index (χ2n) is 5.16. The molecule has 0 aliphatic heterocycles. The summed E-state index contributed by atoms with van der Waals surface area (Å²) in [6, 6.07) is 9.66. The van der Waals surface area contributed by atoms with Gasteiger partial charge >= 0.3 is 8.80 Å². The average molecular weight is 385 g/mol. The standard InChI is InChI=1S/C17H28N2O4SSi/c1-4-21-25(22-5-2,23-6-3)14-10-13-18-17(24)19-16(20)15-11-8-7-9-12-15/h7-9,11-12H,4-6,10,13-14H2,1-3H3,(H2,18,19,20,24). The lowest BCUT2D eigenvalue weighted by Crippen LogP contribution is -2.47. The highest BCUT2D eigenvalue weighted by Gasteiger charge is 2.39. The van der Waals surface area contributed by atoms with Gasteiger partial charge in [-0.3, -0.25) is 10.1 Å². The number of nitrogens with one attached hydrogen (secondary N) is 2. The Kier molecular flexibility index (Phi) is 10.5. The minimum atomic E-state index is -2.62. The lowest BCUT2D eigenvalue weighted by molar-refractivity contribution is 0.0708. The third kappa shape index (κ3) is 8.06. The van der Waals surface area contributed by atoms with E-state index in [9.17, 15) is 4.79 Å². The van der Waals surface area contributed by atoms with Gasteiger partial charge in [0.05, 0.1) is 0 Å². The van der Waals surface area contributed by atoms with E-state index in [4.69, 9.17) is 25.5 Å². The Morgan fingerprint density at radius 1 is 1.04 bits per heavy atom. The molecule has 8 heteroatoms. The van der Waals surface area contributed by atoms with Crippen molar-refractivity contribution in [1.29, 1.82) is 0 Å². The van der Waals surface area contributed by atoms with E-state index in [1.807, 2.05) is 39.0 Å². The predicted octanol–water partition coefficient (Wildman–Crippen LogP) is 2.73. The van der Waals surface area contributed by atoms with Gasteiger partial charge in [-0.15, -0.1) is 0 Å². The predicted molar refractivity (Wildman–Crippen MR) is 105 cm³/mol. The molecule has 25 heavy (non-hydrogen) atoms. The van der Waals surface area contributed by atoms with Gasteiger partial charge in [0.25, 0.3) is 5.91 Å². The Labute approximate surface area is 156 Å². The minimum Gasteiger partial charge on any atom is -0.374 e. The Morgan fingerprint density at radius 3 is 2.12 bits per heavy atom. The summed E-state index contributed by atoms with van der Waals surface area (Å²) in [6.07, 6.45) is 0.771. The van der Waals surface area contributed by atoms with Gasteiger partial charge in [-0.2, -0.15) is 0 Å². The van der Waals surface area contributed by atoms with Crippen LogP contribution in [0.15, 0.2) is 30.3 Å². The van der Waals surface area contributed by atoms with Gasteiger partial charge < -0.3 is 18.6 Å². The summed E-state index contributed by atoms with van der Waals surface area (Å²) in [5.74, 6) is -0.222. The first-order chi connectivity index (χ1) is 12.1. The number of carbonyl (C=O) groups excluding carboxylic acids is 1. The average Bonchev–Trinajstić information content (AvgIpc) is 2.60. The number of carbonyl (C=O) groups is 1. The molecule has 0 bridgehead atoms. The Balaban J connectivity index is 2.39. The zero-order valence-corrected chi connectivity index (χ0v) is 17.0. The number of thiocarbonyl (C=S) groups is 1. The fraction of sp³-hybridized carbons (Fsp3) is 0.529. The topological polar surface area (TPSA) is 68.8 Å². The quantitative estimate of drug-likeness (QED) is 0.347. The maximum absolute atomic E-state index is 12.0. The molecule has 0 radical (unpaired) electrons. The molecule has 0 atom stereocenters. The molecule has 0 heterocycles. The first-order valence-electron chi connectivity index (χ1n) is 8.63. The summed E-state index contributed by atoms with van der Waals surface area (Å²) in [5, 5.41) is 6.02. The maximum Gasteiger partial charge on any atom is 0.500 e. The molecule has 0 aromatic heterocycles. The molecule has 6 nitrogen and oxygen atoms in total. The molecule has 1 aromatic rings. The van der Waals surface area contributed by atoms with E-state index in [0.717, 1.165) is 6.42 Å². The van der Waals surface area contributed by atoms with Crippen LogP contribution in [0, 0.1) is 0 Å². The van der Waals surface area contributed by atoms with E-state index < -0.39 is 8.80 Å². The number of hydrogen-bond donors (Lipinski definition) is 2. The number of amides is 1. The number of benzene rings is 1. The van der Waals surface area contributed by atoms with Crippen molar-refractivity contribution in [2.75, 3.05) is 26.4 Å². The summed E-state index contributed by atoms with van der Waals surface area (Å²) in [5.41, 5.74) is 0.571. The normalized spacial score (nSPS) is 11.2. The van der Waals surface area contributed by atoms with Crippen LogP contribution in [0.5, 0.6) is 0 Å². The molecule has 0 spiro atoms. The summed E-state index contributed by atoms with van der Waals surface area (Å²) < 4.78 is 17.4. The van der Waals surface area contributed by atoms with Crippen LogP contribution in [0.25, 0.3) is 0 Å². The lowest BCUT2D eigenvalue weighted by Gasteiger charge is -2.28. The van der Waals surface area contributed by atoms with Crippen molar-refractivity contribution in [3.63, 3.8) is 0 Å². The lowest BCUT2D eigenvalue weighted by atomic mass is 10.2. The van der Waals surface area contributed by atoms with Crippen LogP contribution in [0.3, 0.4) is 0 Å². The second kappa shape index (κ2) is 12.1. The van der Waals surface area contributed by atoms with Gasteiger partial charge in [-0.05, 0) is 51.5 Å². The molecule has 1 rings (SSSR count). The van der Waals surface area contributed by atoms with Gasteiger partial charge in [0.15, 0.2) is 5.11 Å². The zero-order chi connectivity index (χ0) is 18.5. The van der Waals surface area contributed by atoms with Crippen LogP contribution in [0.4, 0.5) is 0 Å². The van der Waals surface area contributed by atoms with E-state index in [0.29, 0.717) is 43.1 Å². The van der Waals surface area contributed by atoms with Crippen molar-refractivity contribution in [2.45, 2.75) is 33.2 Å². The molecule has 140 valence electrons. The molecule has 0 aliphatic rings. The first-order valence-corrected chi connectivity index (χ1v) is 11.0. The Morgan fingerprint density at radius 2 is 1.60 bits per heavy atom. The van der Waals surface area contributed by atoms with Crippen LogP contribution >= 0.6 is 12.2 Å². The van der Waals surface area contributed by atoms with Crippen molar-refractivity contribution in [2.24, 2.45) is 0 Å². The zero-order valence-electron chi connectivity index (χ0n) is 15.2. The molecule has 0 fully saturated rings. The van der Waals surface area contributed by atoms with E-state index in [1.54, 1.807) is 12.1 Å². The van der Waals surface area contributed by atoms with Crippen LogP contribution in [0.1, 0.15) is 37.6 Å². The first kappa shape index (κ1) is 21.7. The third-order valence-electron chi connectivity index (χ3n) is 3.30. The molecule has 0 saturated carbocycles. The van der Waals surface area contributed by atoms with Crippen LogP contribution in [-0.2, 0) is 13.3 Å². The summed E-state index contributed by atoms with van der Waals surface area (Å²) >= 11 is 5.17.